The molecule has 164 valence electrons. The number of fused-ring (bicyclic) bond motifs is 2. The lowest BCUT2D eigenvalue weighted by atomic mass is 10.1. The molecule has 0 saturated heterocycles. The third-order valence-corrected chi connectivity index (χ3v) is 5.23. The molecular weight excluding hydrogens is 432 g/mol. The van der Waals surface area contributed by atoms with Gasteiger partial charge in [0.2, 0.25) is 5.88 Å². The number of nitrogens with one attached hydrogen (secondary N) is 3. The van der Waals surface area contributed by atoms with Crippen molar-refractivity contribution in [3.05, 3.63) is 85.1 Å². The summed E-state index contributed by atoms with van der Waals surface area (Å²) < 4.78 is 5.93. The van der Waals surface area contributed by atoms with Crippen molar-refractivity contribution >= 4 is 33.4 Å². The van der Waals surface area contributed by atoms with Gasteiger partial charge in [-0.05, 0) is 36.4 Å². The summed E-state index contributed by atoms with van der Waals surface area (Å²) in [6.45, 7) is 0. The molecule has 0 fully saturated rings. The van der Waals surface area contributed by atoms with Crippen LogP contribution in [-0.4, -0.2) is 41.3 Å². The molecule has 6 rings (SSSR count). The normalized spacial score (nSPS) is 11.1. The fourth-order valence-corrected chi connectivity index (χ4v) is 3.59. The van der Waals surface area contributed by atoms with Gasteiger partial charge >= 0.3 is 0 Å². The molecule has 0 saturated carbocycles. The number of nitrogens with zero attached hydrogens (tertiary/aromatic N) is 5. The maximum Gasteiger partial charge on any atom is 0.272 e. The quantitative estimate of drug-likeness (QED) is 0.357. The lowest BCUT2D eigenvalue weighted by Gasteiger charge is -2.06. The molecule has 10 nitrogen and oxygen atoms in total. The Morgan fingerprint density at radius 1 is 0.882 bits per heavy atom. The van der Waals surface area contributed by atoms with Crippen LogP contribution < -0.4 is 10.1 Å². The van der Waals surface area contributed by atoms with E-state index in [-0.39, 0.29) is 5.91 Å². The number of hydrogen-bond donors (Lipinski definition) is 3. The zero-order valence-corrected chi connectivity index (χ0v) is 17.6. The van der Waals surface area contributed by atoms with Crippen LogP contribution in [-0.2, 0) is 0 Å². The van der Waals surface area contributed by atoms with E-state index in [1.165, 1.54) is 12.4 Å². The highest BCUT2D eigenvalue weighted by Gasteiger charge is 2.12. The summed E-state index contributed by atoms with van der Waals surface area (Å²) in [6, 6.07) is 16.5. The first-order valence-electron chi connectivity index (χ1n) is 10.4. The molecular formula is C24H16N8O2. The molecule has 0 unspecified atom stereocenters. The average Bonchev–Trinajstić information content (AvgIpc) is 3.51. The van der Waals surface area contributed by atoms with Crippen molar-refractivity contribution in [2.75, 3.05) is 5.32 Å². The van der Waals surface area contributed by atoms with E-state index >= 15 is 0 Å². The lowest BCUT2D eigenvalue weighted by molar-refractivity contribution is 0.102. The fourth-order valence-electron chi connectivity index (χ4n) is 3.59. The molecule has 34 heavy (non-hydrogen) atoms. The van der Waals surface area contributed by atoms with E-state index in [4.69, 9.17) is 4.74 Å². The minimum Gasteiger partial charge on any atom is -0.439 e. The van der Waals surface area contributed by atoms with E-state index < -0.39 is 0 Å². The van der Waals surface area contributed by atoms with E-state index in [9.17, 15) is 4.79 Å². The van der Waals surface area contributed by atoms with Crippen molar-refractivity contribution in [3.8, 4) is 23.0 Å². The number of aromatic nitrogens is 7. The van der Waals surface area contributed by atoms with E-state index in [1.807, 2.05) is 36.4 Å². The van der Waals surface area contributed by atoms with Crippen molar-refractivity contribution in [2.24, 2.45) is 0 Å². The predicted molar refractivity (Wildman–Crippen MR) is 125 cm³/mol. The maximum atomic E-state index is 12.6. The number of aromatic amines is 2. The van der Waals surface area contributed by atoms with Crippen molar-refractivity contribution < 1.29 is 9.53 Å². The van der Waals surface area contributed by atoms with Gasteiger partial charge in [-0.1, -0.05) is 12.1 Å². The van der Waals surface area contributed by atoms with Crippen LogP contribution in [0.1, 0.15) is 10.5 Å². The monoisotopic (exact) mass is 448 g/mol. The number of H-pyrrole nitrogens is 2. The van der Waals surface area contributed by atoms with Crippen LogP contribution in [0.25, 0.3) is 33.2 Å². The summed E-state index contributed by atoms with van der Waals surface area (Å²) in [6.07, 6.45) is 6.38. The van der Waals surface area contributed by atoms with Gasteiger partial charge < -0.3 is 15.0 Å². The Morgan fingerprint density at radius 3 is 2.76 bits per heavy atom. The second kappa shape index (κ2) is 8.10. The molecule has 4 heterocycles. The molecule has 0 aliphatic rings. The van der Waals surface area contributed by atoms with Gasteiger partial charge in [-0.15, -0.1) is 0 Å². The average molecular weight is 448 g/mol. The zero-order chi connectivity index (χ0) is 22.9. The second-order valence-corrected chi connectivity index (χ2v) is 7.51. The summed E-state index contributed by atoms with van der Waals surface area (Å²) in [5.74, 6) is 1.31. The van der Waals surface area contributed by atoms with Crippen molar-refractivity contribution in [2.45, 2.75) is 0 Å². The molecule has 1 amide bonds. The van der Waals surface area contributed by atoms with Crippen LogP contribution in [0.15, 0.2) is 79.4 Å². The fraction of sp³-hybridized carbons (Fsp3) is 0. The molecule has 6 aromatic rings. The standard InChI is InChI=1S/C24H16N8O2/c33-24(29-17-5-8-26-27-13-17)21-10-14-1-2-15(11-20(14)30-21)23-25-7-6-22(31-23)34-18-3-4-19-16(9-18)12-28-32-19/h1-13,30H,(H,28,32)(H,26,29,33). The summed E-state index contributed by atoms with van der Waals surface area (Å²) >= 11 is 0. The Balaban J connectivity index is 1.25. The van der Waals surface area contributed by atoms with Gasteiger partial charge in [-0.2, -0.15) is 20.3 Å². The number of hydrogen-bond acceptors (Lipinski definition) is 7. The molecule has 0 spiro atoms. The maximum absolute atomic E-state index is 12.6. The number of carbonyl (C=O) groups excluding carboxylic acids is 1. The van der Waals surface area contributed by atoms with Gasteiger partial charge in [0.15, 0.2) is 5.82 Å². The van der Waals surface area contributed by atoms with Gasteiger partial charge in [0.1, 0.15) is 11.4 Å². The molecule has 0 atom stereocenters. The number of anilines is 1. The number of ether oxygens (including phenoxy) is 1. The molecule has 0 aliphatic carbocycles. The van der Waals surface area contributed by atoms with Crippen LogP contribution in [0.3, 0.4) is 0 Å². The van der Waals surface area contributed by atoms with Crippen molar-refractivity contribution in [3.63, 3.8) is 0 Å². The number of rotatable bonds is 5. The first-order valence-corrected chi connectivity index (χ1v) is 10.4. The van der Waals surface area contributed by atoms with Gasteiger partial charge in [0, 0.05) is 34.1 Å². The lowest BCUT2D eigenvalue weighted by Crippen LogP contribution is -2.12. The largest absolute Gasteiger partial charge is 0.439 e. The van der Waals surface area contributed by atoms with Crippen molar-refractivity contribution in [1.29, 1.82) is 0 Å². The van der Waals surface area contributed by atoms with Crippen LogP contribution in [0.4, 0.5) is 5.69 Å². The minimum atomic E-state index is -0.271. The van der Waals surface area contributed by atoms with Crippen LogP contribution in [0.5, 0.6) is 11.6 Å². The number of carbonyl (C=O) groups is 1. The van der Waals surface area contributed by atoms with Crippen LogP contribution in [0.2, 0.25) is 0 Å². The molecule has 0 aliphatic heterocycles. The van der Waals surface area contributed by atoms with Gasteiger partial charge in [-0.3, -0.25) is 9.89 Å². The Kier molecular flexibility index (Phi) is 4.66. The van der Waals surface area contributed by atoms with Crippen LogP contribution >= 0.6 is 0 Å². The van der Waals surface area contributed by atoms with Crippen molar-refractivity contribution in [1.82, 2.24) is 35.3 Å². The first-order chi connectivity index (χ1) is 16.7. The Labute approximate surface area is 192 Å². The summed E-state index contributed by atoms with van der Waals surface area (Å²) in [5.41, 5.74) is 3.50. The topological polar surface area (TPSA) is 134 Å². The minimum absolute atomic E-state index is 0.271. The molecule has 0 bridgehead atoms. The van der Waals surface area contributed by atoms with Gasteiger partial charge in [-0.25, -0.2) is 4.98 Å². The first kappa shape index (κ1) is 19.6. The molecule has 2 aromatic carbocycles. The molecule has 10 heteroatoms. The summed E-state index contributed by atoms with van der Waals surface area (Å²) in [7, 11) is 0. The highest BCUT2D eigenvalue weighted by atomic mass is 16.5. The second-order valence-electron chi connectivity index (χ2n) is 7.51. The zero-order valence-electron chi connectivity index (χ0n) is 17.6. The van der Waals surface area contributed by atoms with Crippen LogP contribution in [0, 0.1) is 0 Å². The highest BCUT2D eigenvalue weighted by Crippen LogP contribution is 2.27. The van der Waals surface area contributed by atoms with E-state index in [0.29, 0.717) is 28.8 Å². The third-order valence-electron chi connectivity index (χ3n) is 5.23. The van der Waals surface area contributed by atoms with Gasteiger partial charge in [0.05, 0.1) is 29.8 Å². The summed E-state index contributed by atoms with van der Waals surface area (Å²) in [4.78, 5) is 24.7. The third kappa shape index (κ3) is 3.79. The number of amides is 1. The Bertz CT molecular complexity index is 1640. The smallest absolute Gasteiger partial charge is 0.272 e. The Morgan fingerprint density at radius 2 is 1.85 bits per heavy atom. The molecule has 4 aromatic heterocycles. The van der Waals surface area contributed by atoms with Gasteiger partial charge in [0.25, 0.3) is 5.91 Å². The predicted octanol–water partition coefficient (Wildman–Crippen LogP) is 4.34. The Hall–Kier alpha value is -5.12. The van der Waals surface area contributed by atoms with E-state index in [0.717, 1.165) is 27.4 Å². The highest BCUT2D eigenvalue weighted by molar-refractivity contribution is 6.06. The molecule has 0 radical (unpaired) electrons. The van der Waals surface area contributed by atoms with E-state index in [1.54, 1.807) is 30.6 Å². The molecule has 3 N–H and O–H groups in total. The SMILES string of the molecule is O=C(Nc1ccnnc1)c1cc2ccc(-c3nccc(Oc4ccc5[nH]ncc5c4)n3)cc2[nH]1. The summed E-state index contributed by atoms with van der Waals surface area (Å²) in [5, 5.41) is 19.0. The number of benzene rings is 2. The van der Waals surface area contributed by atoms with E-state index in [2.05, 4.69) is 40.7 Å².